The summed E-state index contributed by atoms with van der Waals surface area (Å²) in [6, 6.07) is -0.145. The fourth-order valence-electron chi connectivity index (χ4n) is 2.79. The van der Waals surface area contributed by atoms with Gasteiger partial charge in [0.25, 0.3) is 0 Å². The van der Waals surface area contributed by atoms with Crippen molar-refractivity contribution in [2.24, 2.45) is 0 Å². The monoisotopic (exact) mass is 563 g/mol. The maximum Gasteiger partial charge on any atom is 0.416 e. The molecule has 0 radical (unpaired) electrons. The number of benzene rings is 1. The molecule has 1 fully saturated rings. The first kappa shape index (κ1) is 28.3. The van der Waals surface area contributed by atoms with E-state index in [0.29, 0.717) is 0 Å². The Kier molecular flexibility index (Phi) is 6.25. The second kappa shape index (κ2) is 7.51. The lowest BCUT2D eigenvalue weighted by Gasteiger charge is -2.51. The van der Waals surface area contributed by atoms with E-state index in [0.717, 1.165) is 0 Å². The third kappa shape index (κ3) is 3.27. The van der Waals surface area contributed by atoms with E-state index < -0.39 is 80.2 Å². The number of alkyl halides is 14. The van der Waals surface area contributed by atoms with Crippen molar-refractivity contribution in [2.45, 2.75) is 41.5 Å². The Morgan fingerprint density at radius 1 is 0.735 bits per heavy atom. The van der Waals surface area contributed by atoms with Gasteiger partial charge in [-0.1, -0.05) is 29.0 Å². The summed E-state index contributed by atoms with van der Waals surface area (Å²) in [5.41, 5.74) is -10.3. The van der Waals surface area contributed by atoms with Gasteiger partial charge in [0.15, 0.2) is 0 Å². The Morgan fingerprint density at radius 3 is 1.38 bits per heavy atom. The average molecular weight is 564 g/mol. The molecule has 2 rings (SSSR count). The lowest BCUT2D eigenvalue weighted by molar-refractivity contribution is -0.475. The van der Waals surface area contributed by atoms with Crippen molar-refractivity contribution in [1.82, 2.24) is 0 Å². The lowest BCUT2D eigenvalue weighted by Crippen LogP contribution is -2.85. The Labute approximate surface area is 187 Å². The summed E-state index contributed by atoms with van der Waals surface area (Å²) in [7, 11) is 0. The molecule has 0 saturated heterocycles. The third-order valence-electron chi connectivity index (χ3n) is 4.66. The smallest absolute Gasteiger partial charge is 0.416 e. The molecule has 2 nitrogen and oxygen atoms in total. The van der Waals surface area contributed by atoms with Crippen LogP contribution in [0.15, 0.2) is 18.2 Å². The molecule has 0 amide bonds. The summed E-state index contributed by atoms with van der Waals surface area (Å²) in [4.78, 5) is 11.8. The molecule has 0 heterocycles. The summed E-state index contributed by atoms with van der Waals surface area (Å²) in [6.45, 7) is 0. The number of carbonyl (C=O) groups excluding carboxylic acids is 1. The molecule has 0 atom stereocenters. The van der Waals surface area contributed by atoms with Gasteiger partial charge in [0.2, 0.25) is 5.78 Å². The van der Waals surface area contributed by atoms with Crippen LogP contribution >= 0.6 is 23.2 Å². The molecule has 0 N–H and O–H groups in total. The number of halogens is 16. The number of hydrogen-bond acceptors (Lipinski definition) is 2. The van der Waals surface area contributed by atoms with E-state index in [-0.39, 0.29) is 12.1 Å². The molecule has 192 valence electrons. The molecule has 1 aliphatic rings. The first-order valence-electron chi connectivity index (χ1n) is 7.91. The summed E-state index contributed by atoms with van der Waals surface area (Å²) in [5.74, 6) is -44.1. The number of allylic oxidation sites excluding steroid dienone is 1. The summed E-state index contributed by atoms with van der Waals surface area (Å²) in [6.07, 6.45) is -6.44. The van der Waals surface area contributed by atoms with Crippen LogP contribution in [0.4, 0.5) is 61.5 Å². The Morgan fingerprint density at radius 2 is 1.06 bits per heavy atom. The molecule has 0 spiro atoms. The van der Waals surface area contributed by atoms with E-state index in [1.807, 2.05) is 0 Å². The Balaban J connectivity index is 2.75. The fraction of sp³-hybridized carbons (Fsp3) is 0.438. The van der Waals surface area contributed by atoms with Crippen molar-refractivity contribution in [3.8, 4) is 0 Å². The normalized spacial score (nSPS) is 24.5. The molecule has 0 unspecified atom stereocenters. The first-order chi connectivity index (χ1) is 14.8. The van der Waals surface area contributed by atoms with E-state index in [2.05, 4.69) is 0 Å². The van der Waals surface area contributed by atoms with Crippen LogP contribution in [-0.4, -0.2) is 41.1 Å². The minimum absolute atomic E-state index is 0.0725. The predicted octanol–water partition coefficient (Wildman–Crippen LogP) is 6.18. The molecule has 0 bridgehead atoms. The van der Waals surface area contributed by atoms with Gasteiger partial charge in [0.05, 0.1) is 5.56 Å². The third-order valence-corrected chi connectivity index (χ3v) is 5.26. The molecular formula is C16H3Cl2F14O2-. The molecule has 1 aliphatic carbocycles. The average Bonchev–Trinajstić information content (AvgIpc) is 2.64. The molecule has 1 saturated carbocycles. The molecule has 1 aromatic carbocycles. The van der Waals surface area contributed by atoms with Gasteiger partial charge >= 0.3 is 41.5 Å². The highest BCUT2D eigenvalue weighted by atomic mass is 35.5. The largest absolute Gasteiger partial charge is 0.872 e. The van der Waals surface area contributed by atoms with Crippen molar-refractivity contribution < 1.29 is 71.4 Å². The van der Waals surface area contributed by atoms with Crippen LogP contribution in [0, 0.1) is 0 Å². The van der Waals surface area contributed by atoms with Crippen LogP contribution < -0.4 is 5.11 Å². The van der Waals surface area contributed by atoms with E-state index in [1.165, 1.54) is 0 Å². The highest BCUT2D eigenvalue weighted by Gasteiger charge is 3.02. The number of carbonyl (C=O) groups is 1. The van der Waals surface area contributed by atoms with Gasteiger partial charge in [-0.05, 0) is 18.2 Å². The van der Waals surface area contributed by atoms with Crippen molar-refractivity contribution in [3.63, 3.8) is 0 Å². The number of hydrogen-bond donors (Lipinski definition) is 0. The maximum absolute atomic E-state index is 14.6. The van der Waals surface area contributed by atoms with E-state index in [4.69, 9.17) is 23.2 Å². The molecule has 18 heteroatoms. The van der Waals surface area contributed by atoms with E-state index in [1.54, 1.807) is 0 Å². The quantitative estimate of drug-likeness (QED) is 0.250. The SMILES string of the molecule is O=C(/C=C(\[O-])c1c(Cl)cc(C(F)(F)F)cc1Cl)C1(F)C(F)(F)C(F)(F)C(F)(F)C(F)(F)C1(F)F. The van der Waals surface area contributed by atoms with E-state index >= 15 is 0 Å². The van der Waals surface area contributed by atoms with Gasteiger partial charge in [-0.25, -0.2) is 4.39 Å². The standard InChI is InChI=1S/C16H4Cl2F14O2/c17-5-1-4(11(20,21)22)2-6(18)9(5)7(33)3-8(34)10(19)12(23,24)14(27,28)16(31,32)15(29,30)13(10,25)26/h1-3,33H/p-1/b7-3-. The van der Waals surface area contributed by atoms with Gasteiger partial charge in [0, 0.05) is 15.6 Å². The second-order valence-corrected chi connectivity index (χ2v) is 7.53. The van der Waals surface area contributed by atoms with Crippen LogP contribution in [0.1, 0.15) is 11.1 Å². The van der Waals surface area contributed by atoms with Crippen molar-refractivity contribution in [1.29, 1.82) is 0 Å². The Bertz CT molecular complexity index is 1010. The Hall–Kier alpha value is -1.97. The van der Waals surface area contributed by atoms with Crippen LogP contribution in [0.25, 0.3) is 5.76 Å². The summed E-state index contributed by atoms with van der Waals surface area (Å²) < 4.78 is 188. The molecule has 34 heavy (non-hydrogen) atoms. The van der Waals surface area contributed by atoms with Gasteiger partial charge in [-0.2, -0.15) is 57.1 Å². The minimum Gasteiger partial charge on any atom is -0.872 e. The number of rotatable bonds is 3. The zero-order chi connectivity index (χ0) is 27.1. The van der Waals surface area contributed by atoms with Gasteiger partial charge in [-0.15, -0.1) is 0 Å². The molecule has 1 aromatic rings. The van der Waals surface area contributed by atoms with Gasteiger partial charge in [-0.3, -0.25) is 4.79 Å². The highest BCUT2D eigenvalue weighted by molar-refractivity contribution is 6.37. The van der Waals surface area contributed by atoms with Crippen molar-refractivity contribution >= 4 is 34.7 Å². The topological polar surface area (TPSA) is 40.1 Å². The fourth-order valence-corrected chi connectivity index (χ4v) is 3.47. The zero-order valence-corrected chi connectivity index (χ0v) is 16.6. The molecule has 0 aromatic heterocycles. The second-order valence-electron chi connectivity index (χ2n) is 6.72. The van der Waals surface area contributed by atoms with Crippen LogP contribution in [0.2, 0.25) is 10.0 Å². The molecule has 0 aliphatic heterocycles. The number of ketones is 1. The zero-order valence-electron chi connectivity index (χ0n) is 15.1. The van der Waals surface area contributed by atoms with Crippen LogP contribution in [-0.2, 0) is 11.0 Å². The summed E-state index contributed by atoms with van der Waals surface area (Å²) >= 11 is 10.6. The highest BCUT2D eigenvalue weighted by Crippen LogP contribution is 2.69. The minimum atomic E-state index is -7.60. The van der Waals surface area contributed by atoms with Crippen LogP contribution in [0.5, 0.6) is 0 Å². The van der Waals surface area contributed by atoms with Crippen LogP contribution in [0.3, 0.4) is 0 Å². The van der Waals surface area contributed by atoms with E-state index in [9.17, 15) is 71.4 Å². The molecular weight excluding hydrogens is 561 g/mol. The predicted molar refractivity (Wildman–Crippen MR) is 83.0 cm³/mol. The van der Waals surface area contributed by atoms with Gasteiger partial charge < -0.3 is 5.11 Å². The summed E-state index contributed by atoms with van der Waals surface area (Å²) in [5, 5.41) is 9.30. The first-order valence-corrected chi connectivity index (χ1v) is 8.67. The van der Waals surface area contributed by atoms with Crippen molar-refractivity contribution in [2.75, 3.05) is 0 Å². The van der Waals surface area contributed by atoms with Crippen molar-refractivity contribution in [3.05, 3.63) is 39.4 Å². The lowest BCUT2D eigenvalue weighted by atomic mass is 9.70. The maximum atomic E-state index is 14.6. The van der Waals surface area contributed by atoms with Gasteiger partial charge in [0.1, 0.15) is 0 Å².